The summed E-state index contributed by atoms with van der Waals surface area (Å²) >= 11 is 0. The van der Waals surface area contributed by atoms with Crippen LogP contribution in [0.3, 0.4) is 0 Å². The average Bonchev–Trinajstić information content (AvgIpc) is 2.86. The molecule has 1 aromatic rings. The Hall–Kier alpha value is -2.10. The molecular formula is C19H29N3O3. The van der Waals surface area contributed by atoms with Gasteiger partial charge in [0.15, 0.2) is 0 Å². The first kappa shape index (κ1) is 20.9. The highest BCUT2D eigenvalue weighted by atomic mass is 16.5. The maximum Gasteiger partial charge on any atom is 0.261 e. The molecular weight excluding hydrogens is 318 g/mol. The van der Waals surface area contributed by atoms with E-state index in [0.29, 0.717) is 26.4 Å². The molecule has 0 aliphatic rings. The van der Waals surface area contributed by atoms with Crippen molar-refractivity contribution in [3.05, 3.63) is 28.6 Å². The van der Waals surface area contributed by atoms with Gasteiger partial charge in [-0.25, -0.2) is 0 Å². The lowest BCUT2D eigenvalue weighted by Crippen LogP contribution is -2.26. The van der Waals surface area contributed by atoms with Crippen molar-refractivity contribution in [2.75, 3.05) is 33.5 Å². The molecule has 1 rings (SSSR count). The number of aromatic nitrogens is 1. The third-order valence-electron chi connectivity index (χ3n) is 3.99. The van der Waals surface area contributed by atoms with Gasteiger partial charge in [0.25, 0.3) is 5.91 Å². The fraction of sp³-hybridized carbons (Fsp3) is 0.579. The van der Waals surface area contributed by atoms with Crippen molar-refractivity contribution in [3.8, 4) is 6.07 Å². The van der Waals surface area contributed by atoms with E-state index in [2.05, 4.69) is 16.8 Å². The molecule has 6 nitrogen and oxygen atoms in total. The maximum atomic E-state index is 12.2. The number of nitrogens with zero attached hydrogens (tertiary/aromatic N) is 2. The number of carbonyl (C=O) groups excluding carboxylic acids is 1. The van der Waals surface area contributed by atoms with Crippen molar-refractivity contribution in [1.82, 2.24) is 9.88 Å². The van der Waals surface area contributed by atoms with Gasteiger partial charge in [0, 0.05) is 38.3 Å². The van der Waals surface area contributed by atoms with Gasteiger partial charge in [-0.15, -0.1) is 0 Å². The first-order valence-electron chi connectivity index (χ1n) is 8.61. The zero-order valence-electron chi connectivity index (χ0n) is 15.9. The molecule has 0 aromatic carbocycles. The fourth-order valence-corrected chi connectivity index (χ4v) is 2.86. The second kappa shape index (κ2) is 10.7. The summed E-state index contributed by atoms with van der Waals surface area (Å²) in [6.07, 6.45) is 2.37. The van der Waals surface area contributed by atoms with Crippen LogP contribution in [0.25, 0.3) is 6.08 Å². The normalized spacial score (nSPS) is 12.7. The SMILES string of the molecule is CCOCCCNC(=O)/C(C#N)=C/c1cc(C)n(C(C)COC)c1C. The van der Waals surface area contributed by atoms with Crippen LogP contribution >= 0.6 is 0 Å². The summed E-state index contributed by atoms with van der Waals surface area (Å²) in [5.74, 6) is -0.353. The second-order valence-corrected chi connectivity index (χ2v) is 5.98. The Balaban J connectivity index is 2.86. The van der Waals surface area contributed by atoms with Gasteiger partial charge in [-0.05, 0) is 51.8 Å². The molecule has 0 spiro atoms. The highest BCUT2D eigenvalue weighted by Gasteiger charge is 2.15. The van der Waals surface area contributed by atoms with Crippen LogP contribution in [0.5, 0.6) is 0 Å². The molecule has 0 saturated heterocycles. The number of hydrogen-bond donors (Lipinski definition) is 1. The number of aryl methyl sites for hydroxylation is 1. The van der Waals surface area contributed by atoms with E-state index in [4.69, 9.17) is 9.47 Å². The van der Waals surface area contributed by atoms with Gasteiger partial charge in [0.05, 0.1) is 12.6 Å². The van der Waals surface area contributed by atoms with Crippen LogP contribution in [0.2, 0.25) is 0 Å². The van der Waals surface area contributed by atoms with Gasteiger partial charge in [-0.1, -0.05) is 0 Å². The monoisotopic (exact) mass is 347 g/mol. The van der Waals surface area contributed by atoms with Crippen LogP contribution in [0.4, 0.5) is 0 Å². The molecule has 25 heavy (non-hydrogen) atoms. The van der Waals surface area contributed by atoms with Gasteiger partial charge in [0.2, 0.25) is 0 Å². The van der Waals surface area contributed by atoms with E-state index in [-0.39, 0.29) is 17.5 Å². The van der Waals surface area contributed by atoms with E-state index in [1.54, 1.807) is 13.2 Å². The third kappa shape index (κ3) is 6.04. The van der Waals surface area contributed by atoms with Gasteiger partial charge in [-0.2, -0.15) is 5.26 Å². The number of rotatable bonds is 10. The first-order valence-corrected chi connectivity index (χ1v) is 8.61. The molecule has 0 radical (unpaired) electrons. The molecule has 0 bridgehead atoms. The number of carbonyl (C=O) groups is 1. The molecule has 1 unspecified atom stereocenters. The Morgan fingerprint density at radius 3 is 2.80 bits per heavy atom. The zero-order chi connectivity index (χ0) is 18.8. The quantitative estimate of drug-likeness (QED) is 0.401. The largest absolute Gasteiger partial charge is 0.383 e. The molecule has 1 amide bonds. The smallest absolute Gasteiger partial charge is 0.261 e. The molecule has 0 aliphatic carbocycles. The lowest BCUT2D eigenvalue weighted by atomic mass is 10.1. The summed E-state index contributed by atoms with van der Waals surface area (Å²) in [6, 6.07) is 4.17. The minimum absolute atomic E-state index is 0.107. The molecule has 138 valence electrons. The van der Waals surface area contributed by atoms with Crippen LogP contribution in [-0.4, -0.2) is 43.9 Å². The topological polar surface area (TPSA) is 76.3 Å². The molecule has 1 aromatic heterocycles. The molecule has 1 N–H and O–H groups in total. The summed E-state index contributed by atoms with van der Waals surface area (Å²) in [7, 11) is 1.68. The van der Waals surface area contributed by atoms with Crippen molar-refractivity contribution in [2.45, 2.75) is 40.2 Å². The highest BCUT2D eigenvalue weighted by molar-refractivity contribution is 6.01. The van der Waals surface area contributed by atoms with Gasteiger partial charge < -0.3 is 19.4 Å². The van der Waals surface area contributed by atoms with Crippen LogP contribution in [0.1, 0.15) is 43.3 Å². The number of methoxy groups -OCH3 is 1. The summed E-state index contributed by atoms with van der Waals surface area (Å²) in [6.45, 7) is 10.4. The van der Waals surface area contributed by atoms with E-state index < -0.39 is 0 Å². The van der Waals surface area contributed by atoms with Crippen molar-refractivity contribution < 1.29 is 14.3 Å². The minimum Gasteiger partial charge on any atom is -0.383 e. The van der Waals surface area contributed by atoms with Gasteiger partial charge in [0.1, 0.15) is 11.6 Å². The lowest BCUT2D eigenvalue weighted by molar-refractivity contribution is -0.117. The van der Waals surface area contributed by atoms with E-state index in [0.717, 1.165) is 23.4 Å². The van der Waals surface area contributed by atoms with Crippen molar-refractivity contribution >= 4 is 12.0 Å². The Morgan fingerprint density at radius 1 is 1.48 bits per heavy atom. The number of amides is 1. The lowest BCUT2D eigenvalue weighted by Gasteiger charge is -2.17. The third-order valence-corrected chi connectivity index (χ3v) is 3.99. The van der Waals surface area contributed by atoms with Crippen molar-refractivity contribution in [1.29, 1.82) is 5.26 Å². The Kier molecular flexibility index (Phi) is 8.96. The molecule has 0 saturated carbocycles. The molecule has 1 heterocycles. The predicted molar refractivity (Wildman–Crippen MR) is 98.2 cm³/mol. The molecule has 0 aliphatic heterocycles. The van der Waals surface area contributed by atoms with Crippen LogP contribution in [-0.2, 0) is 14.3 Å². The highest BCUT2D eigenvalue weighted by Crippen LogP contribution is 2.22. The van der Waals surface area contributed by atoms with E-state index in [1.807, 2.05) is 32.9 Å². The zero-order valence-corrected chi connectivity index (χ0v) is 15.9. The van der Waals surface area contributed by atoms with E-state index in [9.17, 15) is 10.1 Å². The van der Waals surface area contributed by atoms with Crippen molar-refractivity contribution in [3.63, 3.8) is 0 Å². The average molecular weight is 347 g/mol. The van der Waals surface area contributed by atoms with Gasteiger partial charge >= 0.3 is 0 Å². The molecule has 6 heteroatoms. The summed E-state index contributed by atoms with van der Waals surface area (Å²) in [4.78, 5) is 12.2. The molecule has 0 fully saturated rings. The maximum absolute atomic E-state index is 12.2. The van der Waals surface area contributed by atoms with Crippen LogP contribution in [0, 0.1) is 25.2 Å². The van der Waals surface area contributed by atoms with Crippen LogP contribution in [0.15, 0.2) is 11.6 Å². The number of hydrogen-bond acceptors (Lipinski definition) is 4. The van der Waals surface area contributed by atoms with Crippen LogP contribution < -0.4 is 5.32 Å². The second-order valence-electron chi connectivity index (χ2n) is 5.98. The number of ether oxygens (including phenoxy) is 2. The fourth-order valence-electron chi connectivity index (χ4n) is 2.86. The first-order chi connectivity index (χ1) is 12.0. The predicted octanol–water partition coefficient (Wildman–Crippen LogP) is 2.76. The Labute approximate surface area is 150 Å². The summed E-state index contributed by atoms with van der Waals surface area (Å²) in [5.41, 5.74) is 3.07. The number of nitrogens with one attached hydrogen (secondary N) is 1. The van der Waals surface area contributed by atoms with Gasteiger partial charge in [-0.3, -0.25) is 4.79 Å². The van der Waals surface area contributed by atoms with Crippen molar-refractivity contribution in [2.24, 2.45) is 0 Å². The molecule has 1 atom stereocenters. The van der Waals surface area contributed by atoms with E-state index >= 15 is 0 Å². The van der Waals surface area contributed by atoms with E-state index in [1.165, 1.54) is 0 Å². The Morgan fingerprint density at radius 2 is 2.20 bits per heavy atom. The number of nitriles is 1. The minimum atomic E-state index is -0.353. The summed E-state index contributed by atoms with van der Waals surface area (Å²) < 4.78 is 12.6. The Bertz CT molecular complexity index is 641. The standard InChI is InChI=1S/C19H29N3O3/c1-6-25-9-7-8-21-19(23)18(12-20)11-17-10-14(2)22(16(17)4)15(3)13-24-5/h10-11,15H,6-9,13H2,1-5H3,(H,21,23)/b18-11+. The summed E-state index contributed by atoms with van der Waals surface area (Å²) in [5, 5.41) is 12.1.